The fraction of sp³-hybridized carbons (Fsp3) is 0.438. The third-order valence-corrected chi connectivity index (χ3v) is 3.37. The van der Waals surface area contributed by atoms with Crippen LogP contribution in [0.15, 0.2) is 29.4 Å². The fourth-order valence-corrected chi connectivity index (χ4v) is 2.19. The van der Waals surface area contributed by atoms with Crippen LogP contribution < -0.4 is 16.0 Å². The van der Waals surface area contributed by atoms with Crippen LogP contribution in [0, 0.1) is 0 Å². The van der Waals surface area contributed by atoms with E-state index in [4.69, 9.17) is 9.57 Å². The van der Waals surface area contributed by atoms with Gasteiger partial charge in [0, 0.05) is 24.9 Å². The first kappa shape index (κ1) is 17.7. The molecule has 0 aromatic heterocycles. The third kappa shape index (κ3) is 5.54. The van der Waals surface area contributed by atoms with Crippen molar-refractivity contribution in [2.45, 2.75) is 25.9 Å². The number of amides is 3. The number of carbonyl (C=O) groups excluding carboxylic acids is 2. The summed E-state index contributed by atoms with van der Waals surface area (Å²) in [7, 11) is 1.45. The molecule has 24 heavy (non-hydrogen) atoms. The van der Waals surface area contributed by atoms with Crippen molar-refractivity contribution in [2.24, 2.45) is 5.16 Å². The number of methoxy groups -OCH3 is 1. The van der Waals surface area contributed by atoms with E-state index in [0.717, 1.165) is 18.6 Å². The minimum atomic E-state index is -0.344. The molecule has 0 saturated carbocycles. The summed E-state index contributed by atoms with van der Waals surface area (Å²) in [5, 5.41) is 12.1. The molecule has 1 aliphatic rings. The van der Waals surface area contributed by atoms with Gasteiger partial charge in [0.15, 0.2) is 0 Å². The molecule has 130 valence electrons. The van der Waals surface area contributed by atoms with E-state index in [1.54, 1.807) is 24.3 Å². The van der Waals surface area contributed by atoms with Crippen LogP contribution in [0.25, 0.3) is 0 Å². The smallest absolute Gasteiger partial charge is 0.319 e. The summed E-state index contributed by atoms with van der Waals surface area (Å²) < 4.78 is 4.75. The summed E-state index contributed by atoms with van der Waals surface area (Å²) in [6.45, 7) is 2.37. The second kappa shape index (κ2) is 8.88. The van der Waals surface area contributed by atoms with Crippen LogP contribution in [0.1, 0.15) is 19.8 Å². The van der Waals surface area contributed by atoms with Gasteiger partial charge in [-0.3, -0.25) is 4.79 Å². The normalized spacial score (nSPS) is 16.1. The minimum absolute atomic E-state index is 0.0264. The summed E-state index contributed by atoms with van der Waals surface area (Å²) in [5.74, 6) is -0.260. The van der Waals surface area contributed by atoms with Gasteiger partial charge in [0.2, 0.25) is 5.91 Å². The van der Waals surface area contributed by atoms with Gasteiger partial charge in [-0.15, -0.1) is 0 Å². The molecule has 0 fully saturated rings. The highest BCUT2D eigenvalue weighted by Gasteiger charge is 2.20. The van der Waals surface area contributed by atoms with Crippen molar-refractivity contribution in [1.82, 2.24) is 5.32 Å². The fourth-order valence-electron chi connectivity index (χ4n) is 2.19. The zero-order chi connectivity index (χ0) is 17.4. The summed E-state index contributed by atoms with van der Waals surface area (Å²) in [6, 6.07) is 6.52. The average Bonchev–Trinajstić information content (AvgIpc) is 3.01. The molecule has 1 heterocycles. The van der Waals surface area contributed by atoms with Crippen molar-refractivity contribution in [3.63, 3.8) is 0 Å². The van der Waals surface area contributed by atoms with E-state index in [1.807, 2.05) is 6.92 Å². The van der Waals surface area contributed by atoms with E-state index in [2.05, 4.69) is 21.1 Å². The molecule has 1 atom stereocenters. The minimum Gasteiger partial charge on any atom is -0.390 e. The summed E-state index contributed by atoms with van der Waals surface area (Å²) >= 11 is 0. The molecule has 3 N–H and O–H groups in total. The van der Waals surface area contributed by atoms with Gasteiger partial charge in [-0.05, 0) is 24.6 Å². The molecule has 8 heteroatoms. The van der Waals surface area contributed by atoms with Crippen molar-refractivity contribution >= 4 is 29.0 Å². The van der Waals surface area contributed by atoms with Crippen LogP contribution in [0.3, 0.4) is 0 Å². The van der Waals surface area contributed by atoms with Crippen LogP contribution in [0.4, 0.5) is 16.2 Å². The molecule has 0 radical (unpaired) electrons. The van der Waals surface area contributed by atoms with Crippen LogP contribution in [-0.2, 0) is 14.4 Å². The maximum atomic E-state index is 11.9. The highest BCUT2D eigenvalue weighted by atomic mass is 16.6. The van der Waals surface area contributed by atoms with Crippen LogP contribution in [0.5, 0.6) is 0 Å². The Bertz CT molecular complexity index is 618. The molecule has 0 spiro atoms. The van der Waals surface area contributed by atoms with E-state index in [0.29, 0.717) is 17.9 Å². The molecular weight excluding hydrogens is 312 g/mol. The summed E-state index contributed by atoms with van der Waals surface area (Å²) in [5.41, 5.74) is 2.15. The van der Waals surface area contributed by atoms with Crippen LogP contribution >= 0.6 is 0 Å². The maximum Gasteiger partial charge on any atom is 0.319 e. The van der Waals surface area contributed by atoms with Gasteiger partial charge in [-0.25, -0.2) is 4.79 Å². The quantitative estimate of drug-likeness (QED) is 0.709. The highest BCUT2D eigenvalue weighted by Crippen LogP contribution is 2.15. The van der Waals surface area contributed by atoms with Gasteiger partial charge in [0.1, 0.15) is 12.7 Å². The molecule has 0 aliphatic carbocycles. The monoisotopic (exact) mass is 334 g/mol. The van der Waals surface area contributed by atoms with E-state index in [9.17, 15) is 9.59 Å². The number of anilines is 2. The van der Waals surface area contributed by atoms with Gasteiger partial charge in [-0.2, -0.15) is 0 Å². The number of rotatable bonds is 7. The molecule has 3 amide bonds. The Hall–Kier alpha value is -2.61. The topological polar surface area (TPSA) is 101 Å². The number of benzene rings is 1. The first-order chi connectivity index (χ1) is 11.6. The molecule has 0 saturated heterocycles. The Kier molecular flexibility index (Phi) is 6.56. The lowest BCUT2D eigenvalue weighted by molar-refractivity contribution is -0.119. The van der Waals surface area contributed by atoms with Crippen molar-refractivity contribution in [1.29, 1.82) is 0 Å². The lowest BCUT2D eigenvalue weighted by Crippen LogP contribution is -2.35. The predicted molar refractivity (Wildman–Crippen MR) is 91.2 cm³/mol. The molecular formula is C16H22N4O4. The van der Waals surface area contributed by atoms with Gasteiger partial charge in [-0.1, -0.05) is 18.1 Å². The molecule has 0 unspecified atom stereocenters. The number of hydrogen-bond acceptors (Lipinski definition) is 5. The van der Waals surface area contributed by atoms with Gasteiger partial charge in [0.05, 0.1) is 12.3 Å². The average molecular weight is 334 g/mol. The van der Waals surface area contributed by atoms with Crippen molar-refractivity contribution in [3.05, 3.63) is 24.3 Å². The Balaban J connectivity index is 1.78. The molecule has 8 nitrogen and oxygen atoms in total. The van der Waals surface area contributed by atoms with Gasteiger partial charge in [0.25, 0.3) is 0 Å². The van der Waals surface area contributed by atoms with E-state index < -0.39 is 0 Å². The van der Waals surface area contributed by atoms with E-state index >= 15 is 0 Å². The van der Waals surface area contributed by atoms with Crippen LogP contribution in [0.2, 0.25) is 0 Å². The number of carbonyl (C=O) groups is 2. The molecule has 0 bridgehead atoms. The molecule has 1 aliphatic heterocycles. The number of ether oxygens (including phenoxy) is 1. The summed E-state index contributed by atoms with van der Waals surface area (Å²) in [4.78, 5) is 28.6. The zero-order valence-corrected chi connectivity index (χ0v) is 13.8. The number of oxime groups is 1. The third-order valence-electron chi connectivity index (χ3n) is 3.37. The van der Waals surface area contributed by atoms with E-state index in [-0.39, 0.29) is 24.6 Å². The largest absolute Gasteiger partial charge is 0.390 e. The molecule has 2 rings (SSSR count). The second-order valence-corrected chi connectivity index (χ2v) is 5.34. The number of hydrogen-bond donors (Lipinski definition) is 3. The highest BCUT2D eigenvalue weighted by molar-refractivity contribution is 5.94. The summed E-state index contributed by atoms with van der Waals surface area (Å²) in [6.07, 6.45) is 1.47. The van der Waals surface area contributed by atoms with Gasteiger partial charge < -0.3 is 25.5 Å². The Morgan fingerprint density at radius 1 is 1.33 bits per heavy atom. The Morgan fingerprint density at radius 3 is 2.75 bits per heavy atom. The van der Waals surface area contributed by atoms with Crippen molar-refractivity contribution in [2.75, 3.05) is 30.9 Å². The second-order valence-electron chi connectivity index (χ2n) is 5.34. The zero-order valence-electron chi connectivity index (χ0n) is 13.8. The first-order valence-electron chi connectivity index (χ1n) is 7.76. The number of urea groups is 1. The number of nitrogens with one attached hydrogen (secondary N) is 3. The molecule has 1 aromatic rings. The Morgan fingerprint density at radius 2 is 2.08 bits per heavy atom. The SMILES string of the molecule is CCC1=NO[C@H](CNC(=O)Nc2cccc(NC(=O)COC)c2)C1. The van der Waals surface area contributed by atoms with Crippen molar-refractivity contribution < 1.29 is 19.2 Å². The standard InChI is InChI=1S/C16H22N4O4/c1-3-11-8-14(24-20-11)9-17-16(22)19-13-6-4-5-12(7-13)18-15(21)10-23-2/h4-7,14H,3,8-10H2,1-2H3,(H,18,21)(H2,17,19,22)/t14-/m0/s1. The van der Waals surface area contributed by atoms with Gasteiger partial charge >= 0.3 is 6.03 Å². The maximum absolute atomic E-state index is 11.9. The van der Waals surface area contributed by atoms with E-state index in [1.165, 1.54) is 7.11 Å². The van der Waals surface area contributed by atoms with Crippen molar-refractivity contribution in [3.8, 4) is 0 Å². The lowest BCUT2D eigenvalue weighted by Gasteiger charge is -2.12. The van der Waals surface area contributed by atoms with Crippen LogP contribution in [-0.4, -0.2) is 44.0 Å². The lowest BCUT2D eigenvalue weighted by atomic mass is 10.1. The predicted octanol–water partition coefficient (Wildman–Crippen LogP) is 1.95. The molecule has 1 aromatic carbocycles. The first-order valence-corrected chi connectivity index (χ1v) is 7.76. The Labute approximate surface area is 140 Å². The number of nitrogens with zero attached hydrogens (tertiary/aromatic N) is 1.